The van der Waals surface area contributed by atoms with Crippen molar-refractivity contribution in [2.45, 2.75) is 31.8 Å². The Balaban J connectivity index is 0.00000196. The van der Waals surface area contributed by atoms with Crippen LogP contribution in [0.15, 0.2) is 0 Å². The van der Waals surface area contributed by atoms with Gasteiger partial charge in [-0.3, -0.25) is 4.79 Å². The molecule has 1 fully saturated rings. The molecule has 0 bridgehead atoms. The topological polar surface area (TPSA) is 67.4 Å². The van der Waals surface area contributed by atoms with Gasteiger partial charge in [0, 0.05) is 0 Å². The largest absolute Gasteiger partial charge is 0.467 e. The summed E-state index contributed by atoms with van der Waals surface area (Å²) in [5.74, 6) is -0.545. The maximum atomic E-state index is 11.5. The molecular weight excluding hydrogens is 220 g/mol. The molecule has 2 atom stereocenters. The number of nitrogens with one attached hydrogen (secondary N) is 2. The van der Waals surface area contributed by atoms with Crippen molar-refractivity contribution >= 4 is 24.3 Å². The highest BCUT2D eigenvalue weighted by Crippen LogP contribution is 2.04. The van der Waals surface area contributed by atoms with E-state index in [4.69, 9.17) is 0 Å². The maximum absolute atomic E-state index is 11.5. The second-order valence-corrected chi connectivity index (χ2v) is 3.40. The summed E-state index contributed by atoms with van der Waals surface area (Å²) in [4.78, 5) is 22.5. The molecule has 6 heteroatoms. The summed E-state index contributed by atoms with van der Waals surface area (Å²) in [7, 11) is 1.30. The van der Waals surface area contributed by atoms with Crippen molar-refractivity contribution in [3.05, 3.63) is 0 Å². The lowest BCUT2D eigenvalue weighted by atomic mass is 10.2. The summed E-state index contributed by atoms with van der Waals surface area (Å²) in [5.41, 5.74) is 0. The molecule has 0 spiro atoms. The third-order valence-electron chi connectivity index (χ3n) is 2.29. The standard InChI is InChI=1S/C9H16N2O3.ClH/c1-6(9(13)14-2)11-8(12)7-4-3-5-10-7;/h6-7,10H,3-5H2,1-2H3,(H,11,12);1H/t6-,7?;/m0./s1. The summed E-state index contributed by atoms with van der Waals surface area (Å²) in [6.07, 6.45) is 1.84. The number of halogens is 1. The van der Waals surface area contributed by atoms with E-state index in [2.05, 4.69) is 15.4 Å². The molecule has 1 aliphatic rings. The zero-order valence-electron chi connectivity index (χ0n) is 8.91. The predicted octanol–water partition coefficient (Wildman–Crippen LogP) is -0.162. The van der Waals surface area contributed by atoms with E-state index in [1.54, 1.807) is 6.92 Å². The van der Waals surface area contributed by atoms with Gasteiger partial charge in [0.25, 0.3) is 0 Å². The van der Waals surface area contributed by atoms with Gasteiger partial charge in [-0.25, -0.2) is 4.79 Å². The van der Waals surface area contributed by atoms with Crippen LogP contribution >= 0.6 is 12.4 Å². The summed E-state index contributed by atoms with van der Waals surface area (Å²) in [6, 6.07) is -0.725. The fourth-order valence-corrected chi connectivity index (χ4v) is 1.46. The first kappa shape index (κ1) is 14.2. The number of carbonyl (C=O) groups excluding carboxylic acids is 2. The number of ether oxygens (including phenoxy) is 1. The van der Waals surface area contributed by atoms with Crippen molar-refractivity contribution in [1.82, 2.24) is 10.6 Å². The van der Waals surface area contributed by atoms with Crippen molar-refractivity contribution in [2.75, 3.05) is 13.7 Å². The molecular formula is C9H17ClN2O3. The molecule has 0 saturated carbocycles. The Morgan fingerprint density at radius 1 is 1.53 bits per heavy atom. The molecule has 1 heterocycles. The van der Waals surface area contributed by atoms with Crippen LogP contribution < -0.4 is 10.6 Å². The summed E-state index contributed by atoms with van der Waals surface area (Å²) < 4.78 is 4.50. The number of carbonyl (C=O) groups is 2. The molecule has 1 unspecified atom stereocenters. The lowest BCUT2D eigenvalue weighted by molar-refractivity contribution is -0.144. The van der Waals surface area contributed by atoms with Crippen LogP contribution in [-0.2, 0) is 14.3 Å². The number of methoxy groups -OCH3 is 1. The molecule has 1 aliphatic heterocycles. The molecule has 88 valence electrons. The summed E-state index contributed by atoms with van der Waals surface area (Å²) in [6.45, 7) is 2.48. The third kappa shape index (κ3) is 4.05. The van der Waals surface area contributed by atoms with Gasteiger partial charge in [0.1, 0.15) is 6.04 Å². The second-order valence-electron chi connectivity index (χ2n) is 3.40. The van der Waals surface area contributed by atoms with Crippen molar-refractivity contribution in [2.24, 2.45) is 0 Å². The van der Waals surface area contributed by atoms with E-state index < -0.39 is 12.0 Å². The number of rotatable bonds is 3. The van der Waals surface area contributed by atoms with Crippen LogP contribution in [0.1, 0.15) is 19.8 Å². The van der Waals surface area contributed by atoms with Crippen molar-refractivity contribution in [1.29, 1.82) is 0 Å². The Kier molecular flexibility index (Phi) is 6.27. The summed E-state index contributed by atoms with van der Waals surface area (Å²) in [5, 5.41) is 5.65. The average Bonchev–Trinajstić information content (AvgIpc) is 2.69. The number of hydrogen-bond donors (Lipinski definition) is 2. The molecule has 5 nitrogen and oxygen atoms in total. The lowest BCUT2D eigenvalue weighted by Crippen LogP contribution is -2.47. The van der Waals surface area contributed by atoms with Crippen molar-refractivity contribution < 1.29 is 14.3 Å². The Hall–Kier alpha value is -0.810. The van der Waals surface area contributed by atoms with Crippen LogP contribution in [0.25, 0.3) is 0 Å². The van der Waals surface area contributed by atoms with Crippen molar-refractivity contribution in [3.8, 4) is 0 Å². The molecule has 0 aromatic rings. The van der Waals surface area contributed by atoms with Gasteiger partial charge in [0.15, 0.2) is 0 Å². The number of esters is 1. The van der Waals surface area contributed by atoms with Gasteiger partial charge in [-0.1, -0.05) is 0 Å². The minimum atomic E-state index is -0.574. The van der Waals surface area contributed by atoms with Gasteiger partial charge in [-0.05, 0) is 26.3 Å². The molecule has 2 N–H and O–H groups in total. The third-order valence-corrected chi connectivity index (χ3v) is 2.29. The van der Waals surface area contributed by atoms with Gasteiger partial charge in [-0.2, -0.15) is 0 Å². The van der Waals surface area contributed by atoms with E-state index in [0.29, 0.717) is 0 Å². The van der Waals surface area contributed by atoms with E-state index in [1.807, 2.05) is 0 Å². The zero-order chi connectivity index (χ0) is 10.6. The second kappa shape index (κ2) is 6.63. The van der Waals surface area contributed by atoms with Gasteiger partial charge < -0.3 is 15.4 Å². The normalized spacial score (nSPS) is 21.3. The van der Waals surface area contributed by atoms with Crippen molar-refractivity contribution in [3.63, 3.8) is 0 Å². The van der Waals surface area contributed by atoms with E-state index in [-0.39, 0.29) is 24.4 Å². The first-order chi connectivity index (χ1) is 6.65. The minimum Gasteiger partial charge on any atom is -0.467 e. The highest BCUT2D eigenvalue weighted by molar-refractivity contribution is 5.87. The molecule has 1 saturated heterocycles. The van der Waals surface area contributed by atoms with Gasteiger partial charge >= 0.3 is 5.97 Å². The maximum Gasteiger partial charge on any atom is 0.328 e. The Morgan fingerprint density at radius 3 is 2.67 bits per heavy atom. The lowest BCUT2D eigenvalue weighted by Gasteiger charge is -2.15. The molecule has 15 heavy (non-hydrogen) atoms. The van der Waals surface area contributed by atoms with Crippen LogP contribution in [0.5, 0.6) is 0 Å². The first-order valence-corrected chi connectivity index (χ1v) is 4.76. The van der Waals surface area contributed by atoms with Crippen LogP contribution in [0.4, 0.5) is 0 Å². The minimum absolute atomic E-state index is 0. The van der Waals surface area contributed by atoms with Gasteiger partial charge in [0.2, 0.25) is 5.91 Å². The van der Waals surface area contributed by atoms with E-state index in [9.17, 15) is 9.59 Å². The van der Waals surface area contributed by atoms with E-state index >= 15 is 0 Å². The van der Waals surface area contributed by atoms with E-state index in [0.717, 1.165) is 19.4 Å². The highest BCUT2D eigenvalue weighted by atomic mass is 35.5. The van der Waals surface area contributed by atoms with Gasteiger partial charge in [-0.15, -0.1) is 12.4 Å². The van der Waals surface area contributed by atoms with Crippen LogP contribution in [-0.4, -0.2) is 37.6 Å². The molecule has 0 aromatic heterocycles. The highest BCUT2D eigenvalue weighted by Gasteiger charge is 2.25. The van der Waals surface area contributed by atoms with E-state index in [1.165, 1.54) is 7.11 Å². The first-order valence-electron chi connectivity index (χ1n) is 4.76. The molecule has 0 aliphatic carbocycles. The molecule has 1 amide bonds. The number of hydrogen-bond acceptors (Lipinski definition) is 4. The monoisotopic (exact) mass is 236 g/mol. The fraction of sp³-hybridized carbons (Fsp3) is 0.778. The quantitative estimate of drug-likeness (QED) is 0.669. The number of amides is 1. The van der Waals surface area contributed by atoms with Crippen LogP contribution in [0.3, 0.4) is 0 Å². The predicted molar refractivity (Wildman–Crippen MR) is 57.9 cm³/mol. The zero-order valence-corrected chi connectivity index (χ0v) is 9.73. The summed E-state index contributed by atoms with van der Waals surface area (Å²) >= 11 is 0. The molecule has 0 aromatic carbocycles. The Labute approximate surface area is 95.3 Å². The van der Waals surface area contributed by atoms with Crippen LogP contribution in [0, 0.1) is 0 Å². The molecule has 0 radical (unpaired) electrons. The average molecular weight is 237 g/mol. The Bertz CT molecular complexity index is 229. The molecule has 1 rings (SSSR count). The SMILES string of the molecule is COC(=O)[C@H](C)NC(=O)C1CCCN1.Cl. The fourth-order valence-electron chi connectivity index (χ4n) is 1.46. The van der Waals surface area contributed by atoms with Gasteiger partial charge in [0.05, 0.1) is 13.2 Å². The smallest absolute Gasteiger partial charge is 0.328 e. The van der Waals surface area contributed by atoms with Crippen LogP contribution in [0.2, 0.25) is 0 Å². The Morgan fingerprint density at radius 2 is 2.20 bits per heavy atom.